The first kappa shape index (κ1) is 14.2. The second-order valence-electron chi connectivity index (χ2n) is 4.71. The van der Waals surface area contributed by atoms with E-state index in [9.17, 15) is 8.42 Å². The molecule has 21 heavy (non-hydrogen) atoms. The highest BCUT2D eigenvalue weighted by molar-refractivity contribution is 7.91. The van der Waals surface area contributed by atoms with E-state index in [0.29, 0.717) is 17.2 Å². The third kappa shape index (κ3) is 2.99. The first-order valence-electron chi connectivity index (χ1n) is 6.53. The molecule has 110 valence electrons. The van der Waals surface area contributed by atoms with Crippen LogP contribution >= 0.6 is 11.3 Å². The lowest BCUT2D eigenvalue weighted by molar-refractivity contribution is 0.583. The van der Waals surface area contributed by atoms with Gasteiger partial charge in [0.15, 0.2) is 0 Å². The Morgan fingerprint density at radius 2 is 2.14 bits per heavy atom. The quantitative estimate of drug-likeness (QED) is 0.784. The molecule has 5 nitrogen and oxygen atoms in total. The topological polar surface area (TPSA) is 63.5 Å². The Morgan fingerprint density at radius 3 is 2.86 bits per heavy atom. The smallest absolute Gasteiger partial charge is 0.250 e. The maximum atomic E-state index is 12.0. The first-order valence-corrected chi connectivity index (χ1v) is 8.89. The summed E-state index contributed by atoms with van der Waals surface area (Å²) in [6.45, 7) is 2.35. The summed E-state index contributed by atoms with van der Waals surface area (Å²) < 4.78 is 28.9. The average Bonchev–Trinajstić information content (AvgIpc) is 3.07. The van der Waals surface area contributed by atoms with E-state index in [4.69, 9.17) is 0 Å². The summed E-state index contributed by atoms with van der Waals surface area (Å²) in [6.07, 6.45) is 2.51. The standard InChI is InChI=1S/C14H15N3O2S2/c1-11-4-2-5-13-16-12(10-17(11)13)7-8-15-21(18,19)14-6-3-9-20-14/h2-6,9-10,15H,7-8H2,1H3. The fraction of sp³-hybridized carbons (Fsp3) is 0.214. The molecule has 0 bridgehead atoms. The van der Waals surface area contributed by atoms with Gasteiger partial charge in [0.05, 0.1) is 5.69 Å². The number of sulfonamides is 1. The highest BCUT2D eigenvalue weighted by Gasteiger charge is 2.14. The van der Waals surface area contributed by atoms with Crippen molar-refractivity contribution in [2.75, 3.05) is 6.54 Å². The highest BCUT2D eigenvalue weighted by Crippen LogP contribution is 2.15. The number of nitrogens with one attached hydrogen (secondary N) is 1. The summed E-state index contributed by atoms with van der Waals surface area (Å²) in [7, 11) is -3.39. The molecule has 0 amide bonds. The van der Waals surface area contributed by atoms with Crippen LogP contribution in [0.4, 0.5) is 0 Å². The van der Waals surface area contributed by atoms with Gasteiger partial charge in [-0.15, -0.1) is 11.3 Å². The van der Waals surface area contributed by atoms with Crippen molar-refractivity contribution in [1.29, 1.82) is 0 Å². The summed E-state index contributed by atoms with van der Waals surface area (Å²) >= 11 is 1.21. The van der Waals surface area contributed by atoms with E-state index in [1.807, 2.05) is 35.7 Å². The summed E-state index contributed by atoms with van der Waals surface area (Å²) in [5.41, 5.74) is 2.86. The molecule has 3 heterocycles. The fourth-order valence-electron chi connectivity index (χ4n) is 2.12. The third-order valence-corrected chi connectivity index (χ3v) is 6.04. The van der Waals surface area contributed by atoms with E-state index in [2.05, 4.69) is 9.71 Å². The van der Waals surface area contributed by atoms with Gasteiger partial charge in [0.1, 0.15) is 9.86 Å². The predicted molar refractivity (Wildman–Crippen MR) is 83.1 cm³/mol. The average molecular weight is 321 g/mol. The number of aromatic nitrogens is 2. The molecule has 0 aliphatic heterocycles. The van der Waals surface area contributed by atoms with Crippen LogP contribution in [0.25, 0.3) is 5.65 Å². The van der Waals surface area contributed by atoms with Gasteiger partial charge in [-0.25, -0.2) is 18.1 Å². The van der Waals surface area contributed by atoms with Crippen molar-refractivity contribution in [3.63, 3.8) is 0 Å². The number of imidazole rings is 1. The Bertz CT molecular complexity index is 852. The molecule has 7 heteroatoms. The Kier molecular flexibility index (Phi) is 3.79. The molecule has 0 aliphatic carbocycles. The third-order valence-electron chi connectivity index (χ3n) is 3.18. The van der Waals surface area contributed by atoms with Crippen LogP contribution in [0.3, 0.4) is 0 Å². The molecule has 0 aliphatic rings. The van der Waals surface area contributed by atoms with Crippen LogP contribution in [-0.4, -0.2) is 24.3 Å². The van der Waals surface area contributed by atoms with Gasteiger partial charge >= 0.3 is 0 Å². The van der Waals surface area contributed by atoms with Crippen molar-refractivity contribution in [2.24, 2.45) is 0 Å². The SMILES string of the molecule is Cc1cccc2nc(CCNS(=O)(=O)c3cccs3)cn12. The molecule has 0 atom stereocenters. The number of fused-ring (bicyclic) bond motifs is 1. The number of pyridine rings is 1. The maximum Gasteiger partial charge on any atom is 0.250 e. The largest absolute Gasteiger partial charge is 0.304 e. The monoisotopic (exact) mass is 321 g/mol. The van der Waals surface area contributed by atoms with Crippen molar-refractivity contribution >= 4 is 27.0 Å². The molecular weight excluding hydrogens is 306 g/mol. The zero-order valence-corrected chi connectivity index (χ0v) is 13.1. The zero-order chi connectivity index (χ0) is 14.9. The molecule has 3 aromatic heterocycles. The van der Waals surface area contributed by atoms with Gasteiger partial charge in [-0.2, -0.15) is 0 Å². The van der Waals surface area contributed by atoms with E-state index in [1.54, 1.807) is 17.5 Å². The molecule has 3 aromatic rings. The van der Waals surface area contributed by atoms with Crippen molar-refractivity contribution in [2.45, 2.75) is 17.6 Å². The van der Waals surface area contributed by atoms with Gasteiger partial charge in [-0.05, 0) is 30.5 Å². The van der Waals surface area contributed by atoms with Crippen LogP contribution in [0, 0.1) is 6.92 Å². The molecule has 0 saturated carbocycles. The fourth-order valence-corrected chi connectivity index (χ4v) is 4.19. The lowest BCUT2D eigenvalue weighted by Crippen LogP contribution is -2.25. The molecule has 0 saturated heterocycles. The minimum absolute atomic E-state index is 0.336. The lowest BCUT2D eigenvalue weighted by Gasteiger charge is -2.02. The van der Waals surface area contributed by atoms with Crippen molar-refractivity contribution in [3.05, 3.63) is 53.3 Å². The minimum atomic E-state index is -3.39. The molecule has 1 N–H and O–H groups in total. The van der Waals surface area contributed by atoms with Crippen LogP contribution in [-0.2, 0) is 16.4 Å². The summed E-state index contributed by atoms with van der Waals surface area (Å²) in [6, 6.07) is 9.23. The molecule has 0 fully saturated rings. The van der Waals surface area contributed by atoms with Crippen LogP contribution in [0.2, 0.25) is 0 Å². The van der Waals surface area contributed by atoms with E-state index in [0.717, 1.165) is 17.0 Å². The number of nitrogens with zero attached hydrogens (tertiary/aromatic N) is 2. The second kappa shape index (κ2) is 5.59. The lowest BCUT2D eigenvalue weighted by atomic mass is 10.3. The van der Waals surface area contributed by atoms with Gasteiger partial charge in [0.2, 0.25) is 10.0 Å². The van der Waals surface area contributed by atoms with Crippen molar-refractivity contribution in [1.82, 2.24) is 14.1 Å². The van der Waals surface area contributed by atoms with E-state index >= 15 is 0 Å². The van der Waals surface area contributed by atoms with Gasteiger partial charge in [0, 0.05) is 24.9 Å². The van der Waals surface area contributed by atoms with Gasteiger partial charge < -0.3 is 4.40 Å². The zero-order valence-electron chi connectivity index (χ0n) is 11.5. The number of hydrogen-bond acceptors (Lipinski definition) is 4. The Labute approximate surface area is 127 Å². The number of aryl methyl sites for hydroxylation is 1. The number of hydrogen-bond donors (Lipinski definition) is 1. The van der Waals surface area contributed by atoms with Crippen LogP contribution < -0.4 is 4.72 Å². The number of rotatable bonds is 5. The molecule has 0 unspecified atom stereocenters. The van der Waals surface area contributed by atoms with Crippen LogP contribution in [0.5, 0.6) is 0 Å². The van der Waals surface area contributed by atoms with Gasteiger partial charge in [-0.1, -0.05) is 12.1 Å². The van der Waals surface area contributed by atoms with E-state index in [1.165, 1.54) is 11.3 Å². The molecule has 0 spiro atoms. The molecular formula is C14H15N3O2S2. The van der Waals surface area contributed by atoms with E-state index < -0.39 is 10.0 Å². The Balaban J connectivity index is 1.69. The predicted octanol–water partition coefficient (Wildman–Crippen LogP) is 2.23. The highest BCUT2D eigenvalue weighted by atomic mass is 32.2. The van der Waals surface area contributed by atoms with Crippen LogP contribution in [0.1, 0.15) is 11.4 Å². The Hall–Kier alpha value is -1.70. The molecule has 3 rings (SSSR count). The summed E-state index contributed by atoms with van der Waals surface area (Å²) in [5, 5.41) is 1.75. The van der Waals surface area contributed by atoms with E-state index in [-0.39, 0.29) is 0 Å². The van der Waals surface area contributed by atoms with Gasteiger partial charge in [0.25, 0.3) is 0 Å². The molecule has 0 radical (unpaired) electrons. The van der Waals surface area contributed by atoms with Gasteiger partial charge in [-0.3, -0.25) is 0 Å². The first-order chi connectivity index (χ1) is 10.1. The Morgan fingerprint density at radius 1 is 1.29 bits per heavy atom. The van der Waals surface area contributed by atoms with Crippen molar-refractivity contribution < 1.29 is 8.42 Å². The second-order valence-corrected chi connectivity index (χ2v) is 7.65. The summed E-state index contributed by atoms with van der Waals surface area (Å²) in [4.78, 5) is 4.49. The number of thiophene rings is 1. The van der Waals surface area contributed by atoms with Crippen LogP contribution in [0.15, 0.2) is 46.1 Å². The summed E-state index contributed by atoms with van der Waals surface area (Å²) in [5.74, 6) is 0. The van der Waals surface area contributed by atoms with Crippen molar-refractivity contribution in [3.8, 4) is 0 Å². The maximum absolute atomic E-state index is 12.0. The normalized spacial score (nSPS) is 12.0. The minimum Gasteiger partial charge on any atom is -0.304 e. The molecule has 0 aromatic carbocycles.